The highest BCUT2D eigenvalue weighted by molar-refractivity contribution is 6.05. The summed E-state index contributed by atoms with van der Waals surface area (Å²) in [6, 6.07) is 11.6. The fraction of sp³-hybridized carbons (Fsp3) is 0.133. The van der Waals surface area contributed by atoms with Crippen molar-refractivity contribution >= 4 is 23.0 Å². The quantitative estimate of drug-likeness (QED) is 0.667. The van der Waals surface area contributed by atoms with Crippen molar-refractivity contribution in [2.75, 3.05) is 17.7 Å². The van der Waals surface area contributed by atoms with Gasteiger partial charge in [0.25, 0.3) is 11.6 Å². The number of benzene rings is 2. The van der Waals surface area contributed by atoms with Gasteiger partial charge in [0.05, 0.1) is 4.92 Å². The minimum absolute atomic E-state index is 0.0652. The predicted molar refractivity (Wildman–Crippen MR) is 81.8 cm³/mol. The molecule has 21 heavy (non-hydrogen) atoms. The molecule has 2 aromatic rings. The lowest BCUT2D eigenvalue weighted by atomic mass is 10.1. The van der Waals surface area contributed by atoms with Crippen molar-refractivity contribution in [1.29, 1.82) is 0 Å². The van der Waals surface area contributed by atoms with Crippen molar-refractivity contribution in [2.45, 2.75) is 6.92 Å². The van der Waals surface area contributed by atoms with E-state index in [1.165, 1.54) is 18.2 Å². The number of amides is 1. The zero-order valence-electron chi connectivity index (χ0n) is 11.7. The van der Waals surface area contributed by atoms with E-state index in [1.807, 2.05) is 25.1 Å². The SMILES string of the molecule is CNc1cc(C(=O)Nc2cccc(C)c2)ccc1[N+](=O)[O-]. The summed E-state index contributed by atoms with van der Waals surface area (Å²) in [6.45, 7) is 1.93. The molecular formula is C15H15N3O3. The van der Waals surface area contributed by atoms with Crippen molar-refractivity contribution in [3.63, 3.8) is 0 Å². The van der Waals surface area contributed by atoms with Crippen LogP contribution in [0.15, 0.2) is 42.5 Å². The number of hydrogen-bond acceptors (Lipinski definition) is 4. The highest BCUT2D eigenvalue weighted by atomic mass is 16.6. The number of hydrogen-bond donors (Lipinski definition) is 2. The monoisotopic (exact) mass is 285 g/mol. The van der Waals surface area contributed by atoms with Crippen LogP contribution >= 0.6 is 0 Å². The molecule has 0 heterocycles. The van der Waals surface area contributed by atoms with Gasteiger partial charge < -0.3 is 10.6 Å². The molecule has 0 aliphatic rings. The molecular weight excluding hydrogens is 270 g/mol. The molecule has 2 aromatic carbocycles. The number of carbonyl (C=O) groups is 1. The first-order chi connectivity index (χ1) is 10.0. The standard InChI is InChI=1S/C15H15N3O3/c1-10-4-3-5-12(8-10)17-15(19)11-6-7-14(18(20)21)13(9-11)16-2/h3-9,16H,1-2H3,(H,17,19). The second kappa shape index (κ2) is 6.04. The first-order valence-corrected chi connectivity index (χ1v) is 6.35. The van der Waals surface area contributed by atoms with Gasteiger partial charge in [0.15, 0.2) is 0 Å². The molecule has 2 N–H and O–H groups in total. The third kappa shape index (κ3) is 3.36. The molecule has 0 aromatic heterocycles. The summed E-state index contributed by atoms with van der Waals surface area (Å²) in [5.74, 6) is -0.313. The maximum Gasteiger partial charge on any atom is 0.292 e. The van der Waals surface area contributed by atoms with Crippen LogP contribution in [-0.4, -0.2) is 17.9 Å². The van der Waals surface area contributed by atoms with Crippen molar-refractivity contribution in [2.24, 2.45) is 0 Å². The van der Waals surface area contributed by atoms with E-state index >= 15 is 0 Å². The summed E-state index contributed by atoms with van der Waals surface area (Å²) in [7, 11) is 1.57. The molecule has 6 heteroatoms. The minimum Gasteiger partial charge on any atom is -0.383 e. The molecule has 108 valence electrons. The Morgan fingerprint density at radius 1 is 1.19 bits per heavy atom. The molecule has 0 atom stereocenters. The minimum atomic E-state index is -0.492. The number of rotatable bonds is 4. The maximum absolute atomic E-state index is 12.2. The topological polar surface area (TPSA) is 84.3 Å². The van der Waals surface area contributed by atoms with E-state index in [0.717, 1.165) is 5.56 Å². The zero-order chi connectivity index (χ0) is 15.4. The Kier molecular flexibility index (Phi) is 4.18. The zero-order valence-corrected chi connectivity index (χ0v) is 11.7. The summed E-state index contributed by atoms with van der Waals surface area (Å²) in [6.07, 6.45) is 0. The molecule has 0 radical (unpaired) electrons. The largest absolute Gasteiger partial charge is 0.383 e. The van der Waals surface area contributed by atoms with E-state index in [-0.39, 0.29) is 11.6 Å². The molecule has 0 unspecified atom stereocenters. The smallest absolute Gasteiger partial charge is 0.292 e. The Labute approximate surface area is 121 Å². The molecule has 0 aliphatic carbocycles. The van der Waals surface area contributed by atoms with Crippen molar-refractivity contribution in [1.82, 2.24) is 0 Å². The van der Waals surface area contributed by atoms with Gasteiger partial charge in [-0.3, -0.25) is 14.9 Å². The summed E-state index contributed by atoms with van der Waals surface area (Å²) in [5.41, 5.74) is 2.31. The lowest BCUT2D eigenvalue weighted by Gasteiger charge is -2.08. The number of aryl methyl sites for hydroxylation is 1. The van der Waals surface area contributed by atoms with Crippen LogP contribution < -0.4 is 10.6 Å². The molecule has 0 saturated heterocycles. The van der Waals surface area contributed by atoms with Crippen LogP contribution in [0.4, 0.5) is 17.1 Å². The van der Waals surface area contributed by atoms with Crippen molar-refractivity contribution in [3.05, 3.63) is 63.7 Å². The number of anilines is 2. The Hall–Kier alpha value is -2.89. The number of nitro benzene ring substituents is 1. The average Bonchev–Trinajstić information content (AvgIpc) is 2.46. The summed E-state index contributed by atoms with van der Waals surface area (Å²) in [4.78, 5) is 22.5. The normalized spacial score (nSPS) is 10.0. The second-order valence-electron chi connectivity index (χ2n) is 4.56. The lowest BCUT2D eigenvalue weighted by molar-refractivity contribution is -0.383. The summed E-state index contributed by atoms with van der Waals surface area (Å²) < 4.78 is 0. The molecule has 6 nitrogen and oxygen atoms in total. The van der Waals surface area contributed by atoms with E-state index < -0.39 is 4.92 Å². The number of nitrogens with one attached hydrogen (secondary N) is 2. The maximum atomic E-state index is 12.2. The van der Waals surface area contributed by atoms with Crippen LogP contribution in [0.3, 0.4) is 0 Å². The molecule has 0 aliphatic heterocycles. The molecule has 1 amide bonds. The molecule has 2 rings (SSSR count). The van der Waals surface area contributed by atoms with Gasteiger partial charge in [-0.05, 0) is 36.8 Å². The number of carbonyl (C=O) groups excluding carboxylic acids is 1. The molecule has 0 fully saturated rings. The Balaban J connectivity index is 2.25. The van der Waals surface area contributed by atoms with Gasteiger partial charge in [-0.25, -0.2) is 0 Å². The third-order valence-corrected chi connectivity index (χ3v) is 3.00. The average molecular weight is 285 g/mol. The van der Waals surface area contributed by atoms with Crippen LogP contribution in [0, 0.1) is 17.0 Å². The molecule has 0 bridgehead atoms. The van der Waals surface area contributed by atoms with E-state index in [2.05, 4.69) is 10.6 Å². The molecule has 0 saturated carbocycles. The van der Waals surface area contributed by atoms with Gasteiger partial charge in [0.1, 0.15) is 5.69 Å². The molecule has 0 spiro atoms. The van der Waals surface area contributed by atoms with Gasteiger partial charge in [0, 0.05) is 24.4 Å². The summed E-state index contributed by atoms with van der Waals surface area (Å²) in [5, 5.41) is 16.3. The Bertz CT molecular complexity index is 698. The van der Waals surface area contributed by atoms with Crippen LogP contribution in [0.5, 0.6) is 0 Å². The van der Waals surface area contributed by atoms with Crippen LogP contribution in [-0.2, 0) is 0 Å². The van der Waals surface area contributed by atoms with E-state index in [4.69, 9.17) is 0 Å². The van der Waals surface area contributed by atoms with E-state index in [1.54, 1.807) is 13.1 Å². The van der Waals surface area contributed by atoms with Crippen LogP contribution in [0.2, 0.25) is 0 Å². The van der Waals surface area contributed by atoms with Gasteiger partial charge in [-0.15, -0.1) is 0 Å². The Morgan fingerprint density at radius 2 is 1.95 bits per heavy atom. The number of nitro groups is 1. The van der Waals surface area contributed by atoms with Crippen molar-refractivity contribution in [3.8, 4) is 0 Å². The first kappa shape index (κ1) is 14.5. The Morgan fingerprint density at radius 3 is 2.57 bits per heavy atom. The summed E-state index contributed by atoms with van der Waals surface area (Å²) >= 11 is 0. The second-order valence-corrected chi connectivity index (χ2v) is 4.56. The highest BCUT2D eigenvalue weighted by Gasteiger charge is 2.15. The van der Waals surface area contributed by atoms with Gasteiger partial charge in [0.2, 0.25) is 0 Å². The highest BCUT2D eigenvalue weighted by Crippen LogP contribution is 2.25. The lowest BCUT2D eigenvalue weighted by Crippen LogP contribution is -2.12. The first-order valence-electron chi connectivity index (χ1n) is 6.35. The van der Waals surface area contributed by atoms with E-state index in [0.29, 0.717) is 16.9 Å². The predicted octanol–water partition coefficient (Wildman–Crippen LogP) is 3.20. The third-order valence-electron chi connectivity index (χ3n) is 3.00. The fourth-order valence-corrected chi connectivity index (χ4v) is 1.96. The van der Waals surface area contributed by atoms with Gasteiger partial charge in [-0.1, -0.05) is 12.1 Å². The van der Waals surface area contributed by atoms with Crippen molar-refractivity contribution < 1.29 is 9.72 Å². The van der Waals surface area contributed by atoms with Gasteiger partial charge in [-0.2, -0.15) is 0 Å². The van der Waals surface area contributed by atoms with E-state index in [9.17, 15) is 14.9 Å². The van der Waals surface area contributed by atoms with Gasteiger partial charge >= 0.3 is 0 Å². The van der Waals surface area contributed by atoms with Crippen LogP contribution in [0.25, 0.3) is 0 Å². The fourth-order valence-electron chi connectivity index (χ4n) is 1.96. The van der Waals surface area contributed by atoms with Crippen LogP contribution in [0.1, 0.15) is 15.9 Å². The number of nitrogens with zero attached hydrogens (tertiary/aromatic N) is 1.